The Morgan fingerprint density at radius 1 is 1.18 bits per heavy atom. The van der Waals surface area contributed by atoms with Crippen molar-refractivity contribution < 1.29 is 18.7 Å². The van der Waals surface area contributed by atoms with Gasteiger partial charge in [0.25, 0.3) is 0 Å². The number of carbonyl (C=O) groups excluding carboxylic acids is 2. The molecule has 0 bridgehead atoms. The first-order valence-electron chi connectivity index (χ1n) is 9.27. The molecule has 2 amide bonds. The van der Waals surface area contributed by atoms with E-state index in [1.165, 1.54) is 15.9 Å². The van der Waals surface area contributed by atoms with E-state index in [1.54, 1.807) is 51.1 Å². The van der Waals surface area contributed by atoms with Crippen LogP contribution in [0.3, 0.4) is 0 Å². The molecule has 1 aliphatic heterocycles. The molecule has 2 heterocycles. The van der Waals surface area contributed by atoms with E-state index in [0.29, 0.717) is 30.8 Å². The molecule has 1 fully saturated rings. The van der Waals surface area contributed by atoms with E-state index in [1.807, 2.05) is 6.92 Å². The fourth-order valence-corrected chi connectivity index (χ4v) is 2.97. The number of hydrogen-bond acceptors (Lipinski definition) is 4. The van der Waals surface area contributed by atoms with Crippen molar-refractivity contribution in [2.75, 3.05) is 22.9 Å². The first kappa shape index (κ1) is 19.8. The average molecular weight is 385 g/mol. The zero-order valence-electron chi connectivity index (χ0n) is 16.5. The van der Waals surface area contributed by atoms with Crippen LogP contribution in [0.25, 0.3) is 0 Å². The molecule has 0 atom stereocenters. The maximum absolute atomic E-state index is 14.3. The second kappa shape index (κ2) is 7.58. The van der Waals surface area contributed by atoms with Crippen LogP contribution in [0.5, 0.6) is 0 Å². The van der Waals surface area contributed by atoms with Gasteiger partial charge in [0.05, 0.1) is 5.56 Å². The first-order valence-corrected chi connectivity index (χ1v) is 9.27. The SMILES string of the molecule is CCc1ccc(F)c(N2CCN(c3cccc(C(=O)OC(C)(C)C)c3)C2=O)n1. The molecule has 28 heavy (non-hydrogen) atoms. The molecule has 148 valence electrons. The van der Waals surface area contributed by atoms with Gasteiger partial charge in [-0.1, -0.05) is 13.0 Å². The Bertz CT molecular complexity index is 908. The minimum atomic E-state index is -0.610. The van der Waals surface area contributed by atoms with Crippen LogP contribution in [-0.2, 0) is 11.2 Å². The third-order valence-electron chi connectivity index (χ3n) is 4.30. The zero-order chi connectivity index (χ0) is 20.5. The van der Waals surface area contributed by atoms with Crippen LogP contribution in [0.1, 0.15) is 43.7 Å². The lowest BCUT2D eigenvalue weighted by Crippen LogP contribution is -2.33. The summed E-state index contributed by atoms with van der Waals surface area (Å²) in [4.78, 5) is 32.3. The highest BCUT2D eigenvalue weighted by Crippen LogP contribution is 2.27. The summed E-state index contributed by atoms with van der Waals surface area (Å²) in [6.07, 6.45) is 0.650. The van der Waals surface area contributed by atoms with E-state index in [9.17, 15) is 14.0 Å². The minimum Gasteiger partial charge on any atom is -0.456 e. The standard InChI is InChI=1S/C21H24FN3O3/c1-5-15-9-10-17(22)18(23-15)25-12-11-24(20(25)27)16-8-6-7-14(13-16)19(26)28-21(2,3)4/h6-10,13H,5,11-12H2,1-4H3. The molecule has 1 aromatic carbocycles. The van der Waals surface area contributed by atoms with Crippen molar-refractivity contribution in [3.8, 4) is 0 Å². The van der Waals surface area contributed by atoms with Crippen LogP contribution in [0, 0.1) is 5.82 Å². The lowest BCUT2D eigenvalue weighted by Gasteiger charge is -2.21. The Morgan fingerprint density at radius 3 is 2.57 bits per heavy atom. The van der Waals surface area contributed by atoms with Crippen molar-refractivity contribution >= 4 is 23.5 Å². The monoisotopic (exact) mass is 385 g/mol. The van der Waals surface area contributed by atoms with Crippen LogP contribution in [-0.4, -0.2) is 35.7 Å². The van der Waals surface area contributed by atoms with Gasteiger partial charge in [-0.15, -0.1) is 0 Å². The van der Waals surface area contributed by atoms with Gasteiger partial charge in [-0.2, -0.15) is 0 Å². The van der Waals surface area contributed by atoms with Gasteiger partial charge >= 0.3 is 12.0 Å². The summed E-state index contributed by atoms with van der Waals surface area (Å²) in [5.74, 6) is -0.953. The predicted molar refractivity (Wildman–Crippen MR) is 105 cm³/mol. The molecule has 1 aliphatic rings. The molecule has 0 spiro atoms. The van der Waals surface area contributed by atoms with Gasteiger partial charge in [0, 0.05) is 24.5 Å². The van der Waals surface area contributed by atoms with Crippen molar-refractivity contribution in [2.45, 2.75) is 39.7 Å². The molecule has 0 N–H and O–H groups in total. The molecule has 0 radical (unpaired) electrons. The number of pyridine rings is 1. The highest BCUT2D eigenvalue weighted by Gasteiger charge is 2.33. The average Bonchev–Trinajstić information content (AvgIpc) is 3.02. The van der Waals surface area contributed by atoms with E-state index in [4.69, 9.17) is 4.74 Å². The fourth-order valence-electron chi connectivity index (χ4n) is 2.97. The Hall–Kier alpha value is -2.96. The van der Waals surface area contributed by atoms with Crippen molar-refractivity contribution in [3.63, 3.8) is 0 Å². The highest BCUT2D eigenvalue weighted by atomic mass is 19.1. The van der Waals surface area contributed by atoms with Gasteiger partial charge in [0.1, 0.15) is 5.60 Å². The summed E-state index contributed by atoms with van der Waals surface area (Å²) < 4.78 is 19.6. The first-order chi connectivity index (χ1) is 13.2. The Kier molecular flexibility index (Phi) is 5.36. The molecule has 3 rings (SSSR count). The third-order valence-corrected chi connectivity index (χ3v) is 4.30. The number of amides is 2. The van der Waals surface area contributed by atoms with Crippen LogP contribution >= 0.6 is 0 Å². The van der Waals surface area contributed by atoms with Crippen LogP contribution < -0.4 is 9.80 Å². The van der Waals surface area contributed by atoms with Crippen LogP contribution in [0.4, 0.5) is 20.7 Å². The van der Waals surface area contributed by atoms with Crippen molar-refractivity contribution in [1.29, 1.82) is 0 Å². The summed E-state index contributed by atoms with van der Waals surface area (Å²) in [6, 6.07) is 9.26. The number of benzene rings is 1. The maximum Gasteiger partial charge on any atom is 0.338 e. The van der Waals surface area contributed by atoms with Crippen molar-refractivity contribution in [3.05, 3.63) is 53.5 Å². The Labute approximate surface area is 163 Å². The fraction of sp³-hybridized carbons (Fsp3) is 0.381. The van der Waals surface area contributed by atoms with Gasteiger partial charge in [-0.25, -0.2) is 19.0 Å². The summed E-state index contributed by atoms with van der Waals surface area (Å²) in [6.45, 7) is 7.98. The van der Waals surface area contributed by atoms with E-state index < -0.39 is 17.4 Å². The van der Waals surface area contributed by atoms with Gasteiger partial charge in [-0.05, 0) is 57.5 Å². The molecule has 6 nitrogen and oxygen atoms in total. The summed E-state index contributed by atoms with van der Waals surface area (Å²) in [7, 11) is 0. The maximum atomic E-state index is 14.3. The van der Waals surface area contributed by atoms with Crippen LogP contribution in [0.2, 0.25) is 0 Å². The van der Waals surface area contributed by atoms with Gasteiger partial charge < -0.3 is 4.74 Å². The zero-order valence-corrected chi connectivity index (χ0v) is 16.5. The van der Waals surface area contributed by atoms with Gasteiger partial charge in [0.2, 0.25) is 0 Å². The molecule has 1 saturated heterocycles. The lowest BCUT2D eigenvalue weighted by molar-refractivity contribution is 0.00695. The molecule has 0 unspecified atom stereocenters. The number of carbonyl (C=O) groups is 2. The van der Waals surface area contributed by atoms with Crippen molar-refractivity contribution in [1.82, 2.24) is 4.98 Å². The number of hydrogen-bond donors (Lipinski definition) is 0. The second-order valence-electron chi connectivity index (χ2n) is 7.60. The molecule has 7 heteroatoms. The smallest absolute Gasteiger partial charge is 0.338 e. The molecular formula is C21H24FN3O3. The number of urea groups is 1. The van der Waals surface area contributed by atoms with Gasteiger partial charge in [-0.3, -0.25) is 9.80 Å². The lowest BCUT2D eigenvalue weighted by atomic mass is 10.1. The molecule has 0 saturated carbocycles. The summed E-state index contributed by atoms with van der Waals surface area (Å²) in [5.41, 5.74) is 1.02. The van der Waals surface area contributed by atoms with Gasteiger partial charge in [0.15, 0.2) is 11.6 Å². The quantitative estimate of drug-likeness (QED) is 0.741. The summed E-state index contributed by atoms with van der Waals surface area (Å²) in [5, 5.41) is 0. The topological polar surface area (TPSA) is 62.7 Å². The minimum absolute atomic E-state index is 0.0372. The number of rotatable bonds is 4. The second-order valence-corrected chi connectivity index (χ2v) is 7.60. The van der Waals surface area contributed by atoms with E-state index >= 15 is 0 Å². The normalized spacial score (nSPS) is 14.5. The molecule has 2 aromatic rings. The highest BCUT2D eigenvalue weighted by molar-refractivity contribution is 6.06. The Morgan fingerprint density at radius 2 is 1.89 bits per heavy atom. The van der Waals surface area contributed by atoms with Crippen molar-refractivity contribution in [2.24, 2.45) is 0 Å². The number of anilines is 2. The number of esters is 1. The predicted octanol–water partition coefficient (Wildman–Crippen LogP) is 4.19. The molecule has 1 aromatic heterocycles. The Balaban J connectivity index is 1.84. The summed E-state index contributed by atoms with van der Waals surface area (Å²) >= 11 is 0. The number of nitrogens with zero attached hydrogens (tertiary/aromatic N) is 3. The number of aryl methyl sites for hydroxylation is 1. The molecular weight excluding hydrogens is 361 g/mol. The number of halogens is 1. The largest absolute Gasteiger partial charge is 0.456 e. The number of aromatic nitrogens is 1. The van der Waals surface area contributed by atoms with E-state index in [2.05, 4.69) is 4.98 Å². The number of ether oxygens (including phenoxy) is 1. The third kappa shape index (κ3) is 4.13. The van der Waals surface area contributed by atoms with E-state index in [-0.39, 0.29) is 11.8 Å². The van der Waals surface area contributed by atoms with Crippen LogP contribution in [0.15, 0.2) is 36.4 Å². The van der Waals surface area contributed by atoms with E-state index in [0.717, 1.165) is 5.69 Å². The molecule has 0 aliphatic carbocycles.